The summed E-state index contributed by atoms with van der Waals surface area (Å²) in [5.41, 5.74) is 0.940. The van der Waals surface area contributed by atoms with Crippen LogP contribution in [0.15, 0.2) is 5.38 Å². The molecule has 1 aliphatic rings. The van der Waals surface area contributed by atoms with Gasteiger partial charge in [-0.3, -0.25) is 4.79 Å². The van der Waals surface area contributed by atoms with Gasteiger partial charge in [-0.05, 0) is 18.8 Å². The molecular formula is C14H21ClN2OS. The number of aromatic nitrogens is 1. The van der Waals surface area contributed by atoms with Crippen molar-refractivity contribution < 1.29 is 4.79 Å². The highest BCUT2D eigenvalue weighted by molar-refractivity contribution is 7.09. The van der Waals surface area contributed by atoms with E-state index in [1.54, 1.807) is 11.3 Å². The van der Waals surface area contributed by atoms with E-state index in [4.69, 9.17) is 11.6 Å². The van der Waals surface area contributed by atoms with Crippen LogP contribution in [0.3, 0.4) is 0 Å². The lowest BCUT2D eigenvalue weighted by Gasteiger charge is -2.20. The third-order valence-corrected chi connectivity index (χ3v) is 5.07. The number of hydrogen-bond acceptors (Lipinski definition) is 3. The number of halogens is 1. The van der Waals surface area contributed by atoms with Crippen molar-refractivity contribution in [3.05, 3.63) is 16.1 Å². The second kappa shape index (κ2) is 7.25. The van der Waals surface area contributed by atoms with Crippen LogP contribution in [0.25, 0.3) is 0 Å². The van der Waals surface area contributed by atoms with Crippen LogP contribution in [0.4, 0.5) is 0 Å². The molecule has 3 nitrogen and oxygen atoms in total. The van der Waals surface area contributed by atoms with Gasteiger partial charge in [0.2, 0.25) is 5.91 Å². The van der Waals surface area contributed by atoms with Crippen LogP contribution < -0.4 is 0 Å². The topological polar surface area (TPSA) is 33.2 Å². The summed E-state index contributed by atoms with van der Waals surface area (Å²) in [4.78, 5) is 18.5. The number of nitrogens with zero attached hydrogens (tertiary/aromatic N) is 2. The van der Waals surface area contributed by atoms with Crippen molar-refractivity contribution in [3.63, 3.8) is 0 Å². The average Bonchev–Trinajstić information content (AvgIpc) is 2.81. The number of likely N-dealkylation sites (tertiary alicyclic amines) is 1. The lowest BCUT2D eigenvalue weighted by atomic mass is 9.98. The second-order valence-electron chi connectivity index (χ2n) is 5.10. The van der Waals surface area contributed by atoms with Gasteiger partial charge in [0.25, 0.3) is 0 Å². The Morgan fingerprint density at radius 3 is 3.05 bits per heavy atom. The van der Waals surface area contributed by atoms with Gasteiger partial charge in [-0.15, -0.1) is 22.9 Å². The van der Waals surface area contributed by atoms with E-state index < -0.39 is 0 Å². The van der Waals surface area contributed by atoms with Crippen molar-refractivity contribution in [2.24, 2.45) is 5.92 Å². The first-order valence-corrected chi connectivity index (χ1v) is 8.41. The molecule has 0 aliphatic carbocycles. The normalized spacial score (nSPS) is 20.6. The molecule has 0 saturated carbocycles. The van der Waals surface area contributed by atoms with Crippen LogP contribution in [0.2, 0.25) is 0 Å². The molecule has 1 amide bonds. The summed E-state index contributed by atoms with van der Waals surface area (Å²) in [5, 5.41) is 3.08. The minimum absolute atomic E-state index is 0.310. The quantitative estimate of drug-likeness (QED) is 0.780. The molecular weight excluding hydrogens is 280 g/mol. The zero-order valence-electron chi connectivity index (χ0n) is 11.4. The molecule has 1 aromatic rings. The Balaban J connectivity index is 1.85. The van der Waals surface area contributed by atoms with Crippen LogP contribution in [-0.2, 0) is 17.1 Å². The van der Waals surface area contributed by atoms with E-state index in [0.29, 0.717) is 18.2 Å². The first kappa shape index (κ1) is 14.8. The van der Waals surface area contributed by atoms with Crippen LogP contribution in [0.1, 0.15) is 43.3 Å². The Labute approximate surface area is 124 Å². The molecule has 1 fully saturated rings. The molecule has 2 heterocycles. The number of amides is 1. The summed E-state index contributed by atoms with van der Waals surface area (Å²) in [6, 6.07) is 0. The van der Waals surface area contributed by atoms with Gasteiger partial charge < -0.3 is 4.90 Å². The van der Waals surface area contributed by atoms with Crippen LogP contribution in [0, 0.1) is 5.92 Å². The van der Waals surface area contributed by atoms with E-state index in [-0.39, 0.29) is 0 Å². The van der Waals surface area contributed by atoms with Crippen molar-refractivity contribution in [2.45, 2.75) is 44.9 Å². The van der Waals surface area contributed by atoms with E-state index in [2.05, 4.69) is 11.9 Å². The minimum atomic E-state index is 0.310. The number of thiazole rings is 1. The van der Waals surface area contributed by atoms with Gasteiger partial charge in [-0.25, -0.2) is 4.98 Å². The summed E-state index contributed by atoms with van der Waals surface area (Å²) < 4.78 is 0. The van der Waals surface area contributed by atoms with E-state index in [1.807, 2.05) is 10.3 Å². The van der Waals surface area contributed by atoms with E-state index in [9.17, 15) is 4.79 Å². The number of carbonyl (C=O) groups is 1. The van der Waals surface area contributed by atoms with Gasteiger partial charge in [0, 0.05) is 31.3 Å². The Hall–Kier alpha value is -0.610. The maximum atomic E-state index is 12.0. The highest BCUT2D eigenvalue weighted by Gasteiger charge is 2.21. The largest absolute Gasteiger partial charge is 0.342 e. The molecule has 1 aromatic heterocycles. The highest BCUT2D eigenvalue weighted by Crippen LogP contribution is 2.21. The SMILES string of the molecule is CCC1CCC(=O)N(CCc2nc(CCl)cs2)CC1. The Morgan fingerprint density at radius 2 is 2.37 bits per heavy atom. The molecule has 2 rings (SSSR count). The predicted octanol–water partition coefficient (Wildman–Crippen LogP) is 3.46. The van der Waals surface area contributed by atoms with Crippen molar-refractivity contribution in [1.29, 1.82) is 0 Å². The monoisotopic (exact) mass is 300 g/mol. The maximum absolute atomic E-state index is 12.0. The molecule has 0 aromatic carbocycles. The van der Waals surface area contributed by atoms with Crippen LogP contribution >= 0.6 is 22.9 Å². The van der Waals surface area contributed by atoms with Crippen LogP contribution in [0.5, 0.6) is 0 Å². The third-order valence-electron chi connectivity index (χ3n) is 3.84. The molecule has 5 heteroatoms. The molecule has 0 spiro atoms. The number of alkyl halides is 1. The first-order valence-electron chi connectivity index (χ1n) is 7.00. The molecule has 1 saturated heterocycles. The Morgan fingerprint density at radius 1 is 1.53 bits per heavy atom. The standard InChI is InChI=1S/C14H21ClN2OS/c1-2-11-3-4-14(18)17(7-5-11)8-6-13-16-12(9-15)10-19-13/h10-11H,2-9H2,1H3. The molecule has 0 radical (unpaired) electrons. The molecule has 0 bridgehead atoms. The van der Waals surface area contributed by atoms with Gasteiger partial charge in [0.15, 0.2) is 0 Å². The van der Waals surface area contributed by atoms with E-state index >= 15 is 0 Å². The number of carbonyl (C=O) groups excluding carboxylic acids is 1. The summed E-state index contributed by atoms with van der Waals surface area (Å²) in [7, 11) is 0. The smallest absolute Gasteiger partial charge is 0.222 e. The fourth-order valence-electron chi connectivity index (χ4n) is 2.49. The zero-order chi connectivity index (χ0) is 13.7. The summed E-state index contributed by atoms with van der Waals surface area (Å²) >= 11 is 7.39. The fourth-order valence-corrected chi connectivity index (χ4v) is 3.51. The molecule has 106 valence electrons. The molecule has 1 aliphatic heterocycles. The Bertz CT molecular complexity index is 421. The first-order chi connectivity index (χ1) is 9.22. The lowest BCUT2D eigenvalue weighted by molar-refractivity contribution is -0.130. The summed E-state index contributed by atoms with van der Waals surface area (Å²) in [6.07, 6.45) is 4.95. The molecule has 0 N–H and O–H groups in total. The summed E-state index contributed by atoms with van der Waals surface area (Å²) in [6.45, 7) is 3.92. The highest BCUT2D eigenvalue weighted by atomic mass is 35.5. The molecule has 1 atom stereocenters. The van der Waals surface area contributed by atoms with Gasteiger partial charge >= 0.3 is 0 Å². The fraction of sp³-hybridized carbons (Fsp3) is 0.714. The number of hydrogen-bond donors (Lipinski definition) is 0. The maximum Gasteiger partial charge on any atom is 0.222 e. The number of rotatable bonds is 5. The third kappa shape index (κ3) is 4.18. The van der Waals surface area contributed by atoms with Gasteiger partial charge in [0.05, 0.1) is 16.6 Å². The van der Waals surface area contributed by atoms with Gasteiger partial charge in [0.1, 0.15) is 0 Å². The minimum Gasteiger partial charge on any atom is -0.342 e. The van der Waals surface area contributed by atoms with Crippen molar-refractivity contribution in [1.82, 2.24) is 9.88 Å². The van der Waals surface area contributed by atoms with Crippen molar-refractivity contribution >= 4 is 28.8 Å². The molecule has 1 unspecified atom stereocenters. The van der Waals surface area contributed by atoms with E-state index in [1.165, 1.54) is 6.42 Å². The van der Waals surface area contributed by atoms with Crippen molar-refractivity contribution in [2.75, 3.05) is 13.1 Å². The van der Waals surface area contributed by atoms with Gasteiger partial charge in [-0.2, -0.15) is 0 Å². The van der Waals surface area contributed by atoms with E-state index in [0.717, 1.165) is 49.0 Å². The van der Waals surface area contributed by atoms with Crippen molar-refractivity contribution in [3.8, 4) is 0 Å². The van der Waals surface area contributed by atoms with Crippen LogP contribution in [-0.4, -0.2) is 28.9 Å². The molecule has 19 heavy (non-hydrogen) atoms. The summed E-state index contributed by atoms with van der Waals surface area (Å²) in [5.74, 6) is 1.50. The second-order valence-corrected chi connectivity index (χ2v) is 6.31. The average molecular weight is 301 g/mol. The van der Waals surface area contributed by atoms with Gasteiger partial charge in [-0.1, -0.05) is 13.3 Å². The Kier molecular flexibility index (Phi) is 5.64. The zero-order valence-corrected chi connectivity index (χ0v) is 13.0. The lowest BCUT2D eigenvalue weighted by Crippen LogP contribution is -2.32. The predicted molar refractivity (Wildman–Crippen MR) is 79.6 cm³/mol.